The Bertz CT molecular complexity index is 216. The van der Waals surface area contributed by atoms with Crippen molar-refractivity contribution < 1.29 is 4.79 Å². The lowest BCUT2D eigenvalue weighted by molar-refractivity contribution is -0.130. The fourth-order valence-corrected chi connectivity index (χ4v) is 2.52. The number of rotatable bonds is 4. The Morgan fingerprint density at radius 3 is 2.67 bits per heavy atom. The average Bonchev–Trinajstić information content (AvgIpc) is 2.63. The molecule has 0 bridgehead atoms. The molecule has 1 N–H and O–H groups in total. The van der Waals surface area contributed by atoms with Gasteiger partial charge in [-0.2, -0.15) is 0 Å². The van der Waals surface area contributed by atoms with Crippen LogP contribution in [0.15, 0.2) is 0 Å². The van der Waals surface area contributed by atoms with Gasteiger partial charge < -0.3 is 10.2 Å². The average molecular weight is 212 g/mol. The highest BCUT2D eigenvalue weighted by atomic mass is 16.2. The quantitative estimate of drug-likeness (QED) is 0.768. The van der Waals surface area contributed by atoms with Gasteiger partial charge in [0.2, 0.25) is 5.91 Å². The molecule has 0 radical (unpaired) electrons. The predicted molar refractivity (Wildman–Crippen MR) is 62.7 cm³/mol. The van der Waals surface area contributed by atoms with Gasteiger partial charge in [-0.3, -0.25) is 4.79 Å². The number of nitrogens with zero attached hydrogens (tertiary/aromatic N) is 1. The van der Waals surface area contributed by atoms with Gasteiger partial charge in [0.15, 0.2) is 0 Å². The lowest BCUT2D eigenvalue weighted by atomic mass is 10.00. The summed E-state index contributed by atoms with van der Waals surface area (Å²) in [7, 11) is 3.62. The van der Waals surface area contributed by atoms with Crippen LogP contribution in [0.4, 0.5) is 0 Å². The second-order valence-electron chi connectivity index (χ2n) is 4.83. The maximum absolute atomic E-state index is 11.7. The first-order chi connectivity index (χ1) is 7.06. The summed E-state index contributed by atoms with van der Waals surface area (Å²) in [4.78, 5) is 13.3. The van der Waals surface area contributed by atoms with Gasteiger partial charge >= 0.3 is 0 Å². The van der Waals surface area contributed by atoms with E-state index in [9.17, 15) is 4.79 Å². The van der Waals surface area contributed by atoms with Gasteiger partial charge in [-0.25, -0.2) is 0 Å². The molecule has 0 aromatic rings. The molecule has 0 aromatic carbocycles. The van der Waals surface area contributed by atoms with E-state index in [2.05, 4.69) is 12.2 Å². The summed E-state index contributed by atoms with van der Waals surface area (Å²) in [6.45, 7) is 4.20. The largest absolute Gasteiger partial charge is 0.347 e. The number of carbonyl (C=O) groups excluding carboxylic acids is 1. The highest BCUT2D eigenvalue weighted by Crippen LogP contribution is 2.28. The molecular formula is C12H24N2O. The first-order valence-corrected chi connectivity index (χ1v) is 6.03. The van der Waals surface area contributed by atoms with Crippen LogP contribution in [0.2, 0.25) is 0 Å². The molecule has 1 rings (SSSR count). The number of hydrogen-bond donors (Lipinski definition) is 1. The lowest BCUT2D eigenvalue weighted by Gasteiger charge is -2.25. The zero-order chi connectivity index (χ0) is 11.4. The Morgan fingerprint density at radius 1 is 1.47 bits per heavy atom. The van der Waals surface area contributed by atoms with E-state index in [1.54, 1.807) is 4.90 Å². The van der Waals surface area contributed by atoms with Crippen molar-refractivity contribution in [2.24, 2.45) is 5.92 Å². The van der Waals surface area contributed by atoms with Crippen LogP contribution >= 0.6 is 0 Å². The van der Waals surface area contributed by atoms with E-state index >= 15 is 0 Å². The molecule has 1 aliphatic rings. The molecule has 3 nitrogen and oxygen atoms in total. The van der Waals surface area contributed by atoms with Crippen molar-refractivity contribution in [1.29, 1.82) is 0 Å². The van der Waals surface area contributed by atoms with Crippen molar-refractivity contribution in [3.63, 3.8) is 0 Å². The van der Waals surface area contributed by atoms with E-state index in [0.29, 0.717) is 6.04 Å². The van der Waals surface area contributed by atoms with E-state index < -0.39 is 0 Å². The Balaban J connectivity index is 2.43. The fourth-order valence-electron chi connectivity index (χ4n) is 2.52. The maximum Gasteiger partial charge on any atom is 0.238 e. The molecule has 0 aliphatic heterocycles. The Hall–Kier alpha value is -0.570. The zero-order valence-electron chi connectivity index (χ0n) is 10.4. The van der Waals surface area contributed by atoms with Crippen molar-refractivity contribution in [2.45, 2.75) is 51.6 Å². The Kier molecular flexibility index (Phi) is 4.58. The van der Waals surface area contributed by atoms with Crippen LogP contribution in [0, 0.1) is 5.92 Å². The number of carbonyl (C=O) groups is 1. The molecule has 0 heterocycles. The van der Waals surface area contributed by atoms with E-state index in [0.717, 1.165) is 5.92 Å². The van der Waals surface area contributed by atoms with E-state index in [4.69, 9.17) is 0 Å². The highest BCUT2D eigenvalue weighted by molar-refractivity contribution is 5.80. The fraction of sp³-hybridized carbons (Fsp3) is 0.917. The van der Waals surface area contributed by atoms with Crippen molar-refractivity contribution >= 4 is 5.91 Å². The van der Waals surface area contributed by atoms with Gasteiger partial charge in [0, 0.05) is 20.1 Å². The minimum absolute atomic E-state index is 0.0443. The second kappa shape index (κ2) is 5.50. The smallest absolute Gasteiger partial charge is 0.238 e. The third-order valence-corrected chi connectivity index (χ3v) is 3.46. The van der Waals surface area contributed by atoms with Crippen LogP contribution in [0.3, 0.4) is 0 Å². The van der Waals surface area contributed by atoms with Crippen molar-refractivity contribution in [1.82, 2.24) is 10.2 Å². The first-order valence-electron chi connectivity index (χ1n) is 6.03. The normalized spacial score (nSPS) is 27.7. The SMILES string of the molecule is CCC1CCCC1NC(C)C(=O)N(C)C. The van der Waals surface area contributed by atoms with Gasteiger partial charge in [0.25, 0.3) is 0 Å². The van der Waals surface area contributed by atoms with Gasteiger partial charge in [-0.05, 0) is 25.7 Å². The molecule has 1 fully saturated rings. The lowest BCUT2D eigenvalue weighted by Crippen LogP contribution is -2.47. The summed E-state index contributed by atoms with van der Waals surface area (Å²) in [6, 6.07) is 0.506. The summed E-state index contributed by atoms with van der Waals surface area (Å²) >= 11 is 0. The van der Waals surface area contributed by atoms with E-state index in [1.807, 2.05) is 21.0 Å². The van der Waals surface area contributed by atoms with Crippen LogP contribution in [0.5, 0.6) is 0 Å². The maximum atomic E-state index is 11.7. The summed E-state index contributed by atoms with van der Waals surface area (Å²) in [5.74, 6) is 0.944. The third kappa shape index (κ3) is 3.20. The number of hydrogen-bond acceptors (Lipinski definition) is 2. The van der Waals surface area contributed by atoms with E-state index in [-0.39, 0.29) is 11.9 Å². The Morgan fingerprint density at radius 2 is 2.13 bits per heavy atom. The molecule has 1 saturated carbocycles. The van der Waals surface area contributed by atoms with Gasteiger partial charge in [-0.15, -0.1) is 0 Å². The predicted octanol–water partition coefficient (Wildman–Crippen LogP) is 1.63. The topological polar surface area (TPSA) is 32.3 Å². The van der Waals surface area contributed by atoms with Crippen molar-refractivity contribution in [3.05, 3.63) is 0 Å². The monoisotopic (exact) mass is 212 g/mol. The van der Waals surface area contributed by atoms with Crippen LogP contribution in [0.25, 0.3) is 0 Å². The summed E-state index contributed by atoms with van der Waals surface area (Å²) in [6.07, 6.45) is 5.07. The van der Waals surface area contributed by atoms with E-state index in [1.165, 1.54) is 25.7 Å². The number of likely N-dealkylation sites (N-methyl/N-ethyl adjacent to an activating group) is 1. The molecule has 3 unspecified atom stereocenters. The summed E-state index contributed by atoms with van der Waals surface area (Å²) < 4.78 is 0. The van der Waals surface area contributed by atoms with Crippen LogP contribution in [0.1, 0.15) is 39.5 Å². The molecule has 0 spiro atoms. The third-order valence-electron chi connectivity index (χ3n) is 3.46. The Labute approximate surface area is 93.2 Å². The number of nitrogens with one attached hydrogen (secondary N) is 1. The molecule has 3 heteroatoms. The van der Waals surface area contributed by atoms with Crippen LogP contribution in [-0.2, 0) is 4.79 Å². The zero-order valence-corrected chi connectivity index (χ0v) is 10.4. The molecule has 88 valence electrons. The molecule has 3 atom stereocenters. The van der Waals surface area contributed by atoms with Crippen LogP contribution in [-0.4, -0.2) is 37.0 Å². The second-order valence-corrected chi connectivity index (χ2v) is 4.83. The van der Waals surface area contributed by atoms with Crippen LogP contribution < -0.4 is 5.32 Å². The molecule has 1 aliphatic carbocycles. The standard InChI is InChI=1S/C12H24N2O/c1-5-10-7-6-8-11(10)13-9(2)12(15)14(3)4/h9-11,13H,5-8H2,1-4H3. The highest BCUT2D eigenvalue weighted by Gasteiger charge is 2.28. The summed E-state index contributed by atoms with van der Waals surface area (Å²) in [5.41, 5.74) is 0. The minimum Gasteiger partial charge on any atom is -0.347 e. The molecule has 0 aromatic heterocycles. The molecule has 1 amide bonds. The van der Waals surface area contributed by atoms with Gasteiger partial charge in [0.1, 0.15) is 0 Å². The molecule has 15 heavy (non-hydrogen) atoms. The number of amides is 1. The van der Waals surface area contributed by atoms with Gasteiger partial charge in [-0.1, -0.05) is 19.8 Å². The molecular weight excluding hydrogens is 188 g/mol. The minimum atomic E-state index is -0.0443. The van der Waals surface area contributed by atoms with Crippen molar-refractivity contribution in [2.75, 3.05) is 14.1 Å². The summed E-state index contributed by atoms with van der Waals surface area (Å²) in [5, 5.41) is 3.47. The molecule has 0 saturated heterocycles. The first kappa shape index (κ1) is 12.5. The van der Waals surface area contributed by atoms with Crippen molar-refractivity contribution in [3.8, 4) is 0 Å². The van der Waals surface area contributed by atoms with Gasteiger partial charge in [0.05, 0.1) is 6.04 Å².